The number of esters is 1. The van der Waals surface area contributed by atoms with E-state index < -0.39 is 0 Å². The first-order valence-corrected chi connectivity index (χ1v) is 14.7. The summed E-state index contributed by atoms with van der Waals surface area (Å²) in [6.07, 6.45) is 3.92. The molecule has 0 spiro atoms. The average Bonchev–Trinajstić information content (AvgIpc) is 2.88. The number of piperidine rings is 1. The van der Waals surface area contributed by atoms with Crippen LogP contribution in [-0.2, 0) is 22.4 Å². The van der Waals surface area contributed by atoms with Crippen LogP contribution in [-0.4, -0.2) is 29.6 Å². The zero-order chi connectivity index (χ0) is 28.3. The lowest BCUT2D eigenvalue weighted by Gasteiger charge is -2.48. The van der Waals surface area contributed by atoms with Crippen LogP contribution in [0.5, 0.6) is 0 Å². The molecule has 0 aromatic heterocycles. The van der Waals surface area contributed by atoms with Crippen LogP contribution in [0, 0.1) is 47.5 Å². The molecule has 0 unspecified atom stereocenters. The normalized spacial score (nSPS) is 20.6. The number of hydrogen-bond donors (Lipinski definition) is 0. The van der Waals surface area contributed by atoms with Crippen molar-refractivity contribution < 1.29 is 9.53 Å². The lowest BCUT2D eigenvalue weighted by Crippen LogP contribution is -2.57. The minimum absolute atomic E-state index is 0.0743. The molecule has 3 heteroatoms. The zero-order valence-corrected chi connectivity index (χ0v) is 25.3. The van der Waals surface area contributed by atoms with Gasteiger partial charge in [0.2, 0.25) is 0 Å². The van der Waals surface area contributed by atoms with Gasteiger partial charge in [0.1, 0.15) is 6.04 Å². The van der Waals surface area contributed by atoms with Crippen molar-refractivity contribution in [3.05, 3.63) is 105 Å². The highest BCUT2D eigenvalue weighted by Gasteiger charge is 2.45. The second-order valence-corrected chi connectivity index (χ2v) is 11.9. The van der Waals surface area contributed by atoms with Gasteiger partial charge in [-0.25, -0.2) is 0 Å². The molecule has 0 amide bonds. The summed E-state index contributed by atoms with van der Waals surface area (Å²) >= 11 is 0. The van der Waals surface area contributed by atoms with Crippen LogP contribution < -0.4 is 0 Å². The Morgan fingerprint density at radius 1 is 0.821 bits per heavy atom. The Morgan fingerprint density at radius 2 is 1.33 bits per heavy atom. The van der Waals surface area contributed by atoms with Crippen molar-refractivity contribution in [2.24, 2.45) is 5.92 Å². The molecule has 0 radical (unpaired) electrons. The second-order valence-electron chi connectivity index (χ2n) is 11.9. The fraction of sp³-hybridized carbons (Fsp3) is 0.472. The molecule has 1 heterocycles. The molecule has 3 aromatic rings. The topological polar surface area (TPSA) is 29.5 Å². The molecule has 1 aliphatic heterocycles. The summed E-state index contributed by atoms with van der Waals surface area (Å²) in [5.74, 6) is 0.126. The van der Waals surface area contributed by atoms with Crippen LogP contribution in [0.1, 0.15) is 82.8 Å². The minimum atomic E-state index is -0.287. The Kier molecular flexibility index (Phi) is 9.33. The smallest absolute Gasteiger partial charge is 0.323 e. The van der Waals surface area contributed by atoms with Crippen LogP contribution in [0.3, 0.4) is 0 Å². The Labute approximate surface area is 236 Å². The van der Waals surface area contributed by atoms with Crippen LogP contribution in [0.2, 0.25) is 0 Å². The van der Waals surface area contributed by atoms with Gasteiger partial charge in [-0.3, -0.25) is 9.69 Å². The summed E-state index contributed by atoms with van der Waals surface area (Å²) in [7, 11) is 0. The maximum absolute atomic E-state index is 13.9. The molecule has 0 aliphatic carbocycles. The van der Waals surface area contributed by atoms with Crippen molar-refractivity contribution in [1.29, 1.82) is 0 Å². The summed E-state index contributed by atoms with van der Waals surface area (Å²) in [6, 6.07) is 19.9. The van der Waals surface area contributed by atoms with Crippen LogP contribution >= 0.6 is 0 Å². The van der Waals surface area contributed by atoms with E-state index in [1.54, 1.807) is 0 Å². The van der Waals surface area contributed by atoms with E-state index in [0.717, 1.165) is 25.7 Å². The minimum Gasteiger partial charge on any atom is -0.465 e. The van der Waals surface area contributed by atoms with Crippen molar-refractivity contribution in [2.45, 2.75) is 99.2 Å². The summed E-state index contributed by atoms with van der Waals surface area (Å²) in [4.78, 5) is 16.4. The van der Waals surface area contributed by atoms with Crippen LogP contribution in [0.25, 0.3) is 0 Å². The number of benzene rings is 3. The molecule has 1 saturated heterocycles. The number of carbonyl (C=O) groups excluding carboxylic acids is 1. The summed E-state index contributed by atoms with van der Waals surface area (Å²) < 4.78 is 5.83. The quantitative estimate of drug-likeness (QED) is 0.278. The first kappa shape index (κ1) is 29.1. The molecule has 1 fully saturated rings. The number of likely N-dealkylation sites (tertiary alicyclic amines) is 1. The third kappa shape index (κ3) is 6.47. The largest absolute Gasteiger partial charge is 0.465 e. The van der Waals surface area contributed by atoms with Crippen molar-refractivity contribution in [1.82, 2.24) is 4.90 Å². The molecule has 39 heavy (non-hydrogen) atoms. The Balaban J connectivity index is 1.78. The van der Waals surface area contributed by atoms with Gasteiger partial charge in [-0.05, 0) is 126 Å². The van der Waals surface area contributed by atoms with E-state index in [4.69, 9.17) is 4.74 Å². The van der Waals surface area contributed by atoms with Crippen LogP contribution in [0.15, 0.2) is 54.6 Å². The van der Waals surface area contributed by atoms with Crippen LogP contribution in [0.4, 0.5) is 0 Å². The van der Waals surface area contributed by atoms with Gasteiger partial charge >= 0.3 is 5.97 Å². The molecule has 0 saturated carbocycles. The maximum Gasteiger partial charge on any atom is 0.323 e. The zero-order valence-electron chi connectivity index (χ0n) is 25.3. The fourth-order valence-electron chi connectivity index (χ4n) is 7.17. The Bertz CT molecular complexity index is 1250. The molecule has 4 rings (SSSR count). The third-order valence-corrected chi connectivity index (χ3v) is 8.90. The predicted molar refractivity (Wildman–Crippen MR) is 162 cm³/mol. The fourth-order valence-corrected chi connectivity index (χ4v) is 7.17. The van der Waals surface area contributed by atoms with E-state index in [2.05, 4.69) is 108 Å². The Morgan fingerprint density at radius 3 is 1.85 bits per heavy atom. The molecule has 0 bridgehead atoms. The van der Waals surface area contributed by atoms with E-state index in [-0.39, 0.29) is 30.0 Å². The number of aryl methyl sites for hydroxylation is 6. The average molecular weight is 526 g/mol. The van der Waals surface area contributed by atoms with Gasteiger partial charge in [0, 0.05) is 12.1 Å². The SMILES string of the molecule is CCOC(=O)[C@@H]1[C@@H](Cc2c(C)cc(C)cc2C)CC[C@@H](Cc2c(C)cc(C)cc2C)N1[C@H](C)c1ccccc1. The monoisotopic (exact) mass is 525 g/mol. The molecular weight excluding hydrogens is 478 g/mol. The van der Waals surface area contributed by atoms with Crippen molar-refractivity contribution in [3.63, 3.8) is 0 Å². The third-order valence-electron chi connectivity index (χ3n) is 8.90. The van der Waals surface area contributed by atoms with Crippen molar-refractivity contribution >= 4 is 5.97 Å². The molecular formula is C36H47NO2. The van der Waals surface area contributed by atoms with E-state index in [1.165, 1.54) is 50.1 Å². The van der Waals surface area contributed by atoms with Gasteiger partial charge in [-0.15, -0.1) is 0 Å². The highest BCUT2D eigenvalue weighted by Crippen LogP contribution is 2.40. The highest BCUT2D eigenvalue weighted by molar-refractivity contribution is 5.76. The highest BCUT2D eigenvalue weighted by atomic mass is 16.5. The molecule has 208 valence electrons. The lowest BCUT2D eigenvalue weighted by molar-refractivity contribution is -0.157. The van der Waals surface area contributed by atoms with E-state index in [1.807, 2.05) is 6.92 Å². The standard InChI is InChI=1S/C36H47NO2/c1-9-39-36(38)35-31(21-33-25(4)17-23(2)18-26(33)5)15-16-32(22-34-27(6)19-24(3)20-28(34)7)37(35)29(8)30-13-11-10-12-14-30/h10-14,17-20,29,31-32,35H,9,15-16,21-22H2,1-8H3/t29-,31-,32+,35+/m1/s1. The van der Waals surface area contributed by atoms with Gasteiger partial charge in [0.05, 0.1) is 6.61 Å². The molecule has 3 aromatic carbocycles. The molecule has 1 aliphatic rings. The van der Waals surface area contributed by atoms with E-state index in [9.17, 15) is 4.79 Å². The van der Waals surface area contributed by atoms with Crippen molar-refractivity contribution in [3.8, 4) is 0 Å². The number of rotatable bonds is 8. The van der Waals surface area contributed by atoms with Gasteiger partial charge in [0.25, 0.3) is 0 Å². The summed E-state index contributed by atoms with van der Waals surface area (Å²) in [6.45, 7) is 17.8. The number of nitrogens with zero attached hydrogens (tertiary/aromatic N) is 1. The van der Waals surface area contributed by atoms with Gasteiger partial charge < -0.3 is 4.74 Å². The number of hydrogen-bond acceptors (Lipinski definition) is 3. The Hall–Kier alpha value is -2.91. The predicted octanol–water partition coefficient (Wildman–Crippen LogP) is 8.10. The lowest BCUT2D eigenvalue weighted by atomic mass is 9.77. The molecule has 0 N–H and O–H groups in total. The van der Waals surface area contributed by atoms with Gasteiger partial charge in [0.15, 0.2) is 0 Å². The van der Waals surface area contributed by atoms with Gasteiger partial charge in [-0.2, -0.15) is 0 Å². The van der Waals surface area contributed by atoms with E-state index >= 15 is 0 Å². The summed E-state index contributed by atoms with van der Waals surface area (Å²) in [5, 5.41) is 0. The van der Waals surface area contributed by atoms with E-state index in [0.29, 0.717) is 6.61 Å². The summed E-state index contributed by atoms with van der Waals surface area (Å²) in [5.41, 5.74) is 12.0. The van der Waals surface area contributed by atoms with Crippen molar-refractivity contribution in [2.75, 3.05) is 6.61 Å². The maximum atomic E-state index is 13.9. The number of carbonyl (C=O) groups is 1. The van der Waals surface area contributed by atoms with Gasteiger partial charge in [-0.1, -0.05) is 65.7 Å². The second kappa shape index (κ2) is 12.5. The first-order chi connectivity index (χ1) is 18.6. The molecule has 4 atom stereocenters. The number of ether oxygens (including phenoxy) is 1. The molecule has 3 nitrogen and oxygen atoms in total. The first-order valence-electron chi connectivity index (χ1n) is 14.7.